The first-order valence-corrected chi connectivity index (χ1v) is 11.3. The van der Waals surface area contributed by atoms with E-state index in [1.54, 1.807) is 62.6 Å². The van der Waals surface area contributed by atoms with Gasteiger partial charge in [0.15, 0.2) is 28.8 Å². The van der Waals surface area contributed by atoms with E-state index in [0.717, 1.165) is 5.56 Å². The number of carbonyl (C=O) groups excluding carboxylic acids is 2. The molecular weight excluding hydrogens is 464 g/mol. The molecule has 0 heterocycles. The molecule has 0 aliphatic rings. The minimum atomic E-state index is -0.455. The van der Waals surface area contributed by atoms with Crippen LogP contribution in [0.5, 0.6) is 23.0 Å². The Kier molecular flexibility index (Phi) is 11.1. The second-order valence-corrected chi connectivity index (χ2v) is 7.43. The predicted octanol–water partition coefficient (Wildman–Crippen LogP) is 5.17. The largest absolute Gasteiger partial charge is 0.508 e. The van der Waals surface area contributed by atoms with E-state index in [2.05, 4.69) is 0 Å². The van der Waals surface area contributed by atoms with Gasteiger partial charge in [0.05, 0.1) is 35.0 Å². The maximum absolute atomic E-state index is 13.0. The Hall–Kier alpha value is -4.20. The number of aliphatic hydroxyl groups excluding tert-OH is 1. The highest BCUT2D eigenvalue weighted by molar-refractivity contribution is 6.07. The summed E-state index contributed by atoms with van der Waals surface area (Å²) in [4.78, 5) is 24.9. The molecule has 0 aromatic heterocycles. The fraction of sp³-hybridized carbons (Fsp3) is 0.286. The van der Waals surface area contributed by atoms with E-state index in [1.165, 1.54) is 33.5 Å². The summed E-state index contributed by atoms with van der Waals surface area (Å²) in [6, 6.07) is 10.5. The van der Waals surface area contributed by atoms with Crippen LogP contribution in [0, 0.1) is 0 Å². The Morgan fingerprint density at radius 2 is 1.25 bits per heavy atom. The van der Waals surface area contributed by atoms with Crippen LogP contribution in [-0.2, 0) is 14.3 Å². The van der Waals surface area contributed by atoms with E-state index in [1.807, 2.05) is 0 Å². The van der Waals surface area contributed by atoms with Crippen LogP contribution in [0.25, 0.3) is 12.2 Å². The lowest BCUT2D eigenvalue weighted by Gasteiger charge is -2.09. The summed E-state index contributed by atoms with van der Waals surface area (Å²) in [7, 11) is 6.13. The van der Waals surface area contributed by atoms with Gasteiger partial charge in [0.2, 0.25) is 0 Å². The van der Waals surface area contributed by atoms with Crippen molar-refractivity contribution < 1.29 is 38.4 Å². The predicted molar refractivity (Wildman–Crippen MR) is 138 cm³/mol. The van der Waals surface area contributed by atoms with Gasteiger partial charge in [0, 0.05) is 12.0 Å². The van der Waals surface area contributed by atoms with Gasteiger partial charge in [-0.1, -0.05) is 24.3 Å². The molecule has 2 aromatic carbocycles. The normalized spacial score (nSPS) is 11.8. The highest BCUT2D eigenvalue weighted by Crippen LogP contribution is 2.29. The van der Waals surface area contributed by atoms with Crippen molar-refractivity contribution in [3.63, 3.8) is 0 Å². The summed E-state index contributed by atoms with van der Waals surface area (Å²) < 4.78 is 26.0. The lowest BCUT2D eigenvalue weighted by atomic mass is 10.0. The van der Waals surface area contributed by atoms with Crippen molar-refractivity contribution in [1.29, 1.82) is 0 Å². The first kappa shape index (κ1) is 28.0. The van der Waals surface area contributed by atoms with Crippen LogP contribution in [0.2, 0.25) is 0 Å². The van der Waals surface area contributed by atoms with E-state index < -0.39 is 11.8 Å². The molecule has 0 spiro atoms. The molecule has 192 valence electrons. The summed E-state index contributed by atoms with van der Waals surface area (Å²) >= 11 is 0. The average molecular weight is 497 g/mol. The van der Waals surface area contributed by atoms with E-state index >= 15 is 0 Å². The number of carbonyl (C=O) groups is 2. The minimum Gasteiger partial charge on any atom is -0.508 e. The molecule has 0 unspecified atom stereocenters. The third-order valence-electron chi connectivity index (χ3n) is 5.17. The summed E-state index contributed by atoms with van der Waals surface area (Å²) in [6.45, 7) is 1.94. The molecule has 0 aliphatic carbocycles. The zero-order chi connectivity index (χ0) is 26.5. The molecule has 0 bridgehead atoms. The number of aliphatic hydroxyl groups is 1. The van der Waals surface area contributed by atoms with Crippen molar-refractivity contribution in [3.05, 3.63) is 71.0 Å². The van der Waals surface area contributed by atoms with E-state index in [9.17, 15) is 14.7 Å². The zero-order valence-corrected chi connectivity index (χ0v) is 21.2. The van der Waals surface area contributed by atoms with Crippen LogP contribution < -0.4 is 18.9 Å². The highest BCUT2D eigenvalue weighted by Gasteiger charge is 2.15. The fourth-order valence-corrected chi connectivity index (χ4v) is 3.30. The molecule has 0 fully saturated rings. The molecule has 1 N–H and O–H groups in total. The fourth-order valence-electron chi connectivity index (χ4n) is 3.30. The molecular formula is C28H32O8. The maximum Gasteiger partial charge on any atom is 0.306 e. The monoisotopic (exact) mass is 496 g/mol. The number of ether oxygens (including phenoxy) is 5. The third-order valence-corrected chi connectivity index (χ3v) is 5.17. The molecule has 0 saturated carbocycles. The standard InChI is InChI=1S/C28H32O8/c1-6-36-28(31)16-11-21(22(29)12-7-19-9-14-24(32-2)26(17-19)34-4)23(30)13-8-20-10-15-25(33-3)27(18-20)35-5/h7-10,12-15,17-18,29H,6,11,16H2,1-5H3/b12-7+,13-8+,22-21-. The smallest absolute Gasteiger partial charge is 0.306 e. The number of allylic oxidation sites excluding steroid dienone is 3. The second kappa shape index (κ2) is 14.3. The molecule has 0 aliphatic heterocycles. The topological polar surface area (TPSA) is 101 Å². The number of ketones is 1. The lowest BCUT2D eigenvalue weighted by molar-refractivity contribution is -0.143. The average Bonchev–Trinajstić information content (AvgIpc) is 2.90. The second-order valence-electron chi connectivity index (χ2n) is 7.43. The van der Waals surface area contributed by atoms with Crippen molar-refractivity contribution in [3.8, 4) is 23.0 Å². The Bertz CT molecular complexity index is 1140. The number of esters is 1. The SMILES string of the molecule is CCOC(=O)CC/C(C(=O)/C=C/c1ccc(OC)c(OC)c1)=C(O)\C=C\c1ccc(OC)c(OC)c1. The van der Waals surface area contributed by atoms with Gasteiger partial charge in [-0.15, -0.1) is 0 Å². The quantitative estimate of drug-likeness (QED) is 0.175. The van der Waals surface area contributed by atoms with Crippen molar-refractivity contribution in [2.24, 2.45) is 0 Å². The number of hydrogen-bond donors (Lipinski definition) is 1. The Morgan fingerprint density at radius 1 is 0.750 bits per heavy atom. The van der Waals surface area contributed by atoms with E-state index in [0.29, 0.717) is 28.6 Å². The summed E-state index contributed by atoms with van der Waals surface area (Å²) in [5.41, 5.74) is 1.50. The molecule has 36 heavy (non-hydrogen) atoms. The van der Waals surface area contributed by atoms with Crippen molar-refractivity contribution >= 4 is 23.9 Å². The van der Waals surface area contributed by atoms with Crippen molar-refractivity contribution in [1.82, 2.24) is 0 Å². The van der Waals surface area contributed by atoms with Crippen LogP contribution in [0.1, 0.15) is 30.9 Å². The zero-order valence-electron chi connectivity index (χ0n) is 21.2. The van der Waals surface area contributed by atoms with Gasteiger partial charge in [-0.05, 0) is 60.9 Å². The number of hydrogen-bond acceptors (Lipinski definition) is 8. The number of rotatable bonds is 13. The first-order valence-electron chi connectivity index (χ1n) is 11.3. The van der Waals surface area contributed by atoms with Crippen molar-refractivity contribution in [2.75, 3.05) is 35.0 Å². The van der Waals surface area contributed by atoms with Gasteiger partial charge >= 0.3 is 5.97 Å². The molecule has 0 amide bonds. The van der Waals surface area contributed by atoms with Gasteiger partial charge in [0.25, 0.3) is 0 Å². The molecule has 0 saturated heterocycles. The number of methoxy groups -OCH3 is 4. The molecule has 0 radical (unpaired) electrons. The van der Waals surface area contributed by atoms with Gasteiger partial charge in [-0.25, -0.2) is 0 Å². The highest BCUT2D eigenvalue weighted by atomic mass is 16.5. The third kappa shape index (κ3) is 7.94. The van der Waals surface area contributed by atoms with Gasteiger partial charge in [-0.2, -0.15) is 0 Å². The Morgan fingerprint density at radius 3 is 1.72 bits per heavy atom. The maximum atomic E-state index is 13.0. The Labute approximate surface area is 211 Å². The van der Waals surface area contributed by atoms with Crippen LogP contribution >= 0.6 is 0 Å². The van der Waals surface area contributed by atoms with Crippen LogP contribution in [-0.4, -0.2) is 51.9 Å². The van der Waals surface area contributed by atoms with Gasteiger partial charge < -0.3 is 28.8 Å². The van der Waals surface area contributed by atoms with Crippen molar-refractivity contribution in [2.45, 2.75) is 19.8 Å². The summed E-state index contributed by atoms with van der Waals surface area (Å²) in [6.07, 6.45) is 5.93. The molecule has 2 aromatic rings. The van der Waals surface area contributed by atoms with Crippen LogP contribution in [0.15, 0.2) is 59.9 Å². The molecule has 0 atom stereocenters. The molecule has 8 nitrogen and oxygen atoms in total. The van der Waals surface area contributed by atoms with E-state index in [4.69, 9.17) is 23.7 Å². The lowest BCUT2D eigenvalue weighted by Crippen LogP contribution is -2.08. The summed E-state index contributed by atoms with van der Waals surface area (Å²) in [5, 5.41) is 10.8. The molecule has 8 heteroatoms. The molecule has 2 rings (SSSR count). The first-order chi connectivity index (χ1) is 17.4. The van der Waals surface area contributed by atoms with Crippen LogP contribution in [0.4, 0.5) is 0 Å². The number of benzene rings is 2. The van der Waals surface area contributed by atoms with Crippen LogP contribution in [0.3, 0.4) is 0 Å². The Balaban J connectivity index is 2.33. The van der Waals surface area contributed by atoms with E-state index in [-0.39, 0.29) is 30.8 Å². The summed E-state index contributed by atoms with van der Waals surface area (Å²) in [5.74, 6) is 1.03. The minimum absolute atomic E-state index is 0.00997. The van der Waals surface area contributed by atoms with Gasteiger partial charge in [-0.3, -0.25) is 9.59 Å². The van der Waals surface area contributed by atoms with Gasteiger partial charge in [0.1, 0.15) is 5.76 Å².